The van der Waals surface area contributed by atoms with Crippen molar-refractivity contribution >= 4 is 22.8 Å². The third-order valence-corrected chi connectivity index (χ3v) is 0.692. The predicted octanol–water partition coefficient (Wildman–Crippen LogP) is -0.0700. The molecule has 0 aliphatic carbocycles. The zero-order valence-corrected chi connectivity index (χ0v) is 6.21. The van der Waals surface area contributed by atoms with Crippen molar-refractivity contribution in [3.63, 3.8) is 0 Å². The molecule has 0 bridgehead atoms. The zero-order chi connectivity index (χ0) is 5.98. The molecular weight excluding hydrogens is 186 g/mol. The molecule has 9 heavy (non-hydrogen) atoms. The lowest BCUT2D eigenvalue weighted by molar-refractivity contribution is 1.08. The lowest BCUT2D eigenvalue weighted by atomic mass is 10.6. The van der Waals surface area contributed by atoms with Crippen LogP contribution in [0.5, 0.6) is 0 Å². The van der Waals surface area contributed by atoms with E-state index in [1.807, 2.05) is 0 Å². The molecule has 0 amide bonds. The summed E-state index contributed by atoms with van der Waals surface area (Å²) in [5.41, 5.74) is 4.72. The summed E-state index contributed by atoms with van der Waals surface area (Å²) in [6.45, 7) is 0. The summed E-state index contributed by atoms with van der Waals surface area (Å²) < 4.78 is 0. The minimum Gasteiger partial charge on any atom is -0.383 e. The van der Waals surface area contributed by atoms with Crippen LogP contribution in [0, 0.1) is 0 Å². The number of hydrogen-bond donors (Lipinski definition) is 2. The third-order valence-electron chi connectivity index (χ3n) is 0.692. The molecule has 0 saturated carbocycles. The minimum atomic E-state index is -0.412. The van der Waals surface area contributed by atoms with E-state index in [4.69, 9.17) is 5.73 Å². The molecule has 1 aromatic rings. The molecular formula is C4H6BrN3O. The van der Waals surface area contributed by atoms with Crippen LogP contribution in [0.3, 0.4) is 0 Å². The van der Waals surface area contributed by atoms with Gasteiger partial charge in [-0.2, -0.15) is 4.98 Å². The number of hydrogen-bond acceptors (Lipinski definition) is 3. The van der Waals surface area contributed by atoms with Gasteiger partial charge in [0.05, 0.1) is 0 Å². The molecule has 4 nitrogen and oxygen atoms in total. The lowest BCUT2D eigenvalue weighted by Gasteiger charge is -1.83. The van der Waals surface area contributed by atoms with E-state index in [0.717, 1.165) is 0 Å². The van der Waals surface area contributed by atoms with Crippen molar-refractivity contribution < 1.29 is 0 Å². The largest absolute Gasteiger partial charge is 0.383 e. The highest BCUT2D eigenvalue weighted by Crippen LogP contribution is 1.82. The number of nitrogens with zero attached hydrogens (tertiary/aromatic N) is 1. The molecule has 0 atom stereocenters. The first-order valence-electron chi connectivity index (χ1n) is 2.10. The summed E-state index contributed by atoms with van der Waals surface area (Å²) in [7, 11) is 0. The van der Waals surface area contributed by atoms with Crippen molar-refractivity contribution in [3.05, 3.63) is 22.7 Å². The fourth-order valence-electron chi connectivity index (χ4n) is 0.385. The number of nitrogen functional groups attached to an aromatic ring is 1. The second kappa shape index (κ2) is 3.24. The van der Waals surface area contributed by atoms with Crippen LogP contribution in [0.4, 0.5) is 5.82 Å². The van der Waals surface area contributed by atoms with Gasteiger partial charge in [-0.05, 0) is 6.07 Å². The Morgan fingerprint density at radius 2 is 2.33 bits per heavy atom. The average Bonchev–Trinajstić information content (AvgIpc) is 1.64. The molecule has 0 saturated heterocycles. The number of aromatic nitrogens is 2. The van der Waals surface area contributed by atoms with E-state index >= 15 is 0 Å². The van der Waals surface area contributed by atoms with Crippen molar-refractivity contribution in [1.82, 2.24) is 9.97 Å². The van der Waals surface area contributed by atoms with Gasteiger partial charge in [0, 0.05) is 6.20 Å². The van der Waals surface area contributed by atoms with Gasteiger partial charge in [0.1, 0.15) is 5.82 Å². The summed E-state index contributed by atoms with van der Waals surface area (Å²) >= 11 is 0. The Balaban J connectivity index is 0.000000640. The van der Waals surface area contributed by atoms with Crippen molar-refractivity contribution in [3.8, 4) is 0 Å². The maximum Gasteiger partial charge on any atom is 0.346 e. The Labute approximate surface area is 61.9 Å². The minimum absolute atomic E-state index is 0. The SMILES string of the molecule is Br.Nc1cc[nH]c(=O)n1. The highest BCUT2D eigenvalue weighted by Gasteiger charge is 1.81. The number of rotatable bonds is 0. The number of nitrogens with one attached hydrogen (secondary N) is 1. The molecule has 50 valence electrons. The summed E-state index contributed by atoms with van der Waals surface area (Å²) in [4.78, 5) is 15.9. The molecule has 5 heteroatoms. The molecule has 0 radical (unpaired) electrons. The first-order chi connectivity index (χ1) is 3.79. The monoisotopic (exact) mass is 191 g/mol. The van der Waals surface area contributed by atoms with Gasteiger partial charge in [-0.1, -0.05) is 0 Å². The van der Waals surface area contributed by atoms with E-state index in [9.17, 15) is 4.79 Å². The fourth-order valence-corrected chi connectivity index (χ4v) is 0.385. The van der Waals surface area contributed by atoms with E-state index in [-0.39, 0.29) is 22.8 Å². The van der Waals surface area contributed by atoms with Gasteiger partial charge in [0.2, 0.25) is 0 Å². The maximum atomic E-state index is 10.2. The first kappa shape index (κ1) is 8.16. The van der Waals surface area contributed by atoms with Crippen LogP contribution >= 0.6 is 17.0 Å². The van der Waals surface area contributed by atoms with Crippen LogP contribution in [0.15, 0.2) is 17.1 Å². The van der Waals surface area contributed by atoms with Crippen LogP contribution in [-0.4, -0.2) is 9.97 Å². The third kappa shape index (κ3) is 2.27. The van der Waals surface area contributed by atoms with Crippen LogP contribution in [0.2, 0.25) is 0 Å². The molecule has 3 N–H and O–H groups in total. The first-order valence-corrected chi connectivity index (χ1v) is 2.10. The van der Waals surface area contributed by atoms with Crippen LogP contribution in [0.25, 0.3) is 0 Å². The molecule has 0 spiro atoms. The summed E-state index contributed by atoms with van der Waals surface area (Å²) in [5.74, 6) is 0.244. The molecule has 1 rings (SSSR count). The van der Waals surface area contributed by atoms with Gasteiger partial charge in [0.25, 0.3) is 0 Å². The lowest BCUT2D eigenvalue weighted by Crippen LogP contribution is -2.10. The Bertz CT molecular complexity index is 233. The summed E-state index contributed by atoms with van der Waals surface area (Å²) in [6.07, 6.45) is 1.45. The highest BCUT2D eigenvalue weighted by atomic mass is 79.9. The van der Waals surface area contributed by atoms with Crippen molar-refractivity contribution in [2.45, 2.75) is 0 Å². The van der Waals surface area contributed by atoms with Crippen LogP contribution in [-0.2, 0) is 0 Å². The highest BCUT2D eigenvalue weighted by molar-refractivity contribution is 8.93. The van der Waals surface area contributed by atoms with Crippen molar-refractivity contribution in [2.75, 3.05) is 5.73 Å². The second-order valence-corrected chi connectivity index (χ2v) is 1.32. The number of H-pyrrole nitrogens is 1. The van der Waals surface area contributed by atoms with Gasteiger partial charge >= 0.3 is 5.69 Å². The smallest absolute Gasteiger partial charge is 0.346 e. The number of halogens is 1. The molecule has 0 aromatic carbocycles. The normalized spacial score (nSPS) is 8.00. The number of aromatic amines is 1. The zero-order valence-electron chi connectivity index (χ0n) is 4.50. The maximum absolute atomic E-state index is 10.2. The number of nitrogens with two attached hydrogens (primary N) is 1. The molecule has 0 aliphatic rings. The summed E-state index contributed by atoms with van der Waals surface area (Å²) in [5, 5.41) is 0. The topological polar surface area (TPSA) is 71.8 Å². The van der Waals surface area contributed by atoms with E-state index in [1.54, 1.807) is 0 Å². The van der Waals surface area contributed by atoms with Gasteiger partial charge in [-0.25, -0.2) is 4.79 Å². The predicted molar refractivity (Wildman–Crippen MR) is 39.6 cm³/mol. The van der Waals surface area contributed by atoms with Gasteiger partial charge in [-0.15, -0.1) is 17.0 Å². The fraction of sp³-hybridized carbons (Fsp3) is 0. The second-order valence-electron chi connectivity index (χ2n) is 1.32. The van der Waals surface area contributed by atoms with Crippen LogP contribution < -0.4 is 11.4 Å². The molecule has 0 unspecified atom stereocenters. The quantitative estimate of drug-likeness (QED) is 0.604. The van der Waals surface area contributed by atoms with Crippen LogP contribution in [0.1, 0.15) is 0 Å². The molecule has 1 aromatic heterocycles. The van der Waals surface area contributed by atoms with E-state index in [0.29, 0.717) is 0 Å². The Morgan fingerprint density at radius 1 is 1.67 bits per heavy atom. The summed E-state index contributed by atoms with van der Waals surface area (Å²) in [6, 6.07) is 1.52. The van der Waals surface area contributed by atoms with Crippen molar-refractivity contribution in [1.29, 1.82) is 0 Å². The standard InChI is InChI=1S/C4H5N3O.BrH/c5-3-1-2-6-4(8)7-3;/h1-2H,(H3,5,6,7,8);1H. The van der Waals surface area contributed by atoms with E-state index < -0.39 is 5.69 Å². The average molecular weight is 192 g/mol. The Morgan fingerprint density at radius 3 is 2.67 bits per heavy atom. The molecule has 0 aliphatic heterocycles. The van der Waals surface area contributed by atoms with Crippen molar-refractivity contribution in [2.24, 2.45) is 0 Å². The van der Waals surface area contributed by atoms with Gasteiger partial charge < -0.3 is 10.7 Å². The van der Waals surface area contributed by atoms with E-state index in [2.05, 4.69) is 9.97 Å². The molecule has 0 fully saturated rings. The van der Waals surface area contributed by atoms with E-state index in [1.165, 1.54) is 12.3 Å². The van der Waals surface area contributed by atoms with Gasteiger partial charge in [0.15, 0.2) is 0 Å². The molecule has 1 heterocycles. The Kier molecular flexibility index (Phi) is 2.94. The Hall–Kier alpha value is -0.840. The van der Waals surface area contributed by atoms with Gasteiger partial charge in [-0.3, -0.25) is 0 Å². The number of anilines is 1.